The number of aromatic hydroxyl groups is 1. The predicted octanol–water partition coefficient (Wildman–Crippen LogP) is 1.55. The first kappa shape index (κ1) is 13.1. The molecule has 5 nitrogen and oxygen atoms in total. The van der Waals surface area contributed by atoms with Crippen LogP contribution < -0.4 is 5.32 Å². The second-order valence-electron chi connectivity index (χ2n) is 4.04. The molecule has 0 aliphatic rings. The van der Waals surface area contributed by atoms with E-state index in [2.05, 4.69) is 10.4 Å². The number of hydrogen-bond acceptors (Lipinski definition) is 3. The van der Waals surface area contributed by atoms with Gasteiger partial charge < -0.3 is 10.4 Å². The Kier molecular flexibility index (Phi) is 4.12. The van der Waals surface area contributed by atoms with Crippen molar-refractivity contribution < 1.29 is 14.3 Å². The number of rotatable bonds is 5. The first-order valence-electron chi connectivity index (χ1n) is 5.91. The van der Waals surface area contributed by atoms with Crippen LogP contribution in [-0.2, 0) is 6.54 Å². The first-order valence-corrected chi connectivity index (χ1v) is 5.91. The van der Waals surface area contributed by atoms with Crippen molar-refractivity contribution in [3.8, 4) is 5.75 Å². The molecule has 0 unspecified atom stereocenters. The lowest BCUT2D eigenvalue weighted by atomic mass is 10.2. The Hall–Kier alpha value is -2.37. The summed E-state index contributed by atoms with van der Waals surface area (Å²) >= 11 is 0. The Morgan fingerprint density at radius 1 is 1.47 bits per heavy atom. The summed E-state index contributed by atoms with van der Waals surface area (Å²) in [6.45, 7) is 1.11. The molecule has 0 saturated heterocycles. The van der Waals surface area contributed by atoms with E-state index in [9.17, 15) is 14.3 Å². The zero-order valence-electron chi connectivity index (χ0n) is 10.2. The standard InChI is InChI=1S/C13H14FN3O2/c14-10-3-4-12(18)11(9-10)13(19)15-5-1-7-17-8-2-6-16-17/h2-4,6,8-9,18H,1,5,7H2,(H,15,19). The number of carbonyl (C=O) groups excluding carboxylic acids is 1. The molecule has 2 aromatic rings. The first-order chi connectivity index (χ1) is 9.16. The number of nitrogens with one attached hydrogen (secondary N) is 1. The van der Waals surface area contributed by atoms with Crippen molar-refractivity contribution in [3.63, 3.8) is 0 Å². The zero-order chi connectivity index (χ0) is 13.7. The largest absolute Gasteiger partial charge is 0.507 e. The molecule has 0 aliphatic carbocycles. The average molecular weight is 263 g/mol. The lowest BCUT2D eigenvalue weighted by Gasteiger charge is -2.07. The fourth-order valence-electron chi connectivity index (χ4n) is 1.66. The van der Waals surface area contributed by atoms with Gasteiger partial charge in [0.15, 0.2) is 0 Å². The second-order valence-corrected chi connectivity index (χ2v) is 4.04. The summed E-state index contributed by atoms with van der Waals surface area (Å²) in [5.74, 6) is -1.28. The Balaban J connectivity index is 1.82. The Labute approximate surface area is 109 Å². The normalized spacial score (nSPS) is 10.4. The summed E-state index contributed by atoms with van der Waals surface area (Å²) in [6, 6.07) is 5.10. The second kappa shape index (κ2) is 5.99. The average Bonchev–Trinajstić information content (AvgIpc) is 2.90. The van der Waals surface area contributed by atoms with Gasteiger partial charge in [0.2, 0.25) is 0 Å². The van der Waals surface area contributed by atoms with Crippen molar-refractivity contribution in [2.45, 2.75) is 13.0 Å². The predicted molar refractivity (Wildman–Crippen MR) is 67.2 cm³/mol. The summed E-state index contributed by atoms with van der Waals surface area (Å²) < 4.78 is 14.7. The third-order valence-electron chi connectivity index (χ3n) is 2.61. The summed E-state index contributed by atoms with van der Waals surface area (Å²) in [5.41, 5.74) is -0.0564. The molecule has 2 N–H and O–H groups in total. The minimum atomic E-state index is -0.556. The molecular formula is C13H14FN3O2. The van der Waals surface area contributed by atoms with E-state index in [0.717, 1.165) is 18.2 Å². The number of phenolic OH excluding ortho intramolecular Hbond substituents is 1. The molecule has 1 aromatic heterocycles. The highest BCUT2D eigenvalue weighted by Gasteiger charge is 2.11. The molecule has 6 heteroatoms. The van der Waals surface area contributed by atoms with Crippen molar-refractivity contribution >= 4 is 5.91 Å². The van der Waals surface area contributed by atoms with Gasteiger partial charge in [0, 0.05) is 25.5 Å². The van der Waals surface area contributed by atoms with Gasteiger partial charge in [0.25, 0.3) is 5.91 Å². The minimum absolute atomic E-state index is 0.0564. The number of hydrogen-bond donors (Lipinski definition) is 2. The van der Waals surface area contributed by atoms with E-state index in [1.807, 2.05) is 12.3 Å². The summed E-state index contributed by atoms with van der Waals surface area (Å²) in [4.78, 5) is 11.7. The lowest BCUT2D eigenvalue weighted by Crippen LogP contribution is -2.25. The smallest absolute Gasteiger partial charge is 0.255 e. The van der Waals surface area contributed by atoms with Crippen molar-refractivity contribution in [3.05, 3.63) is 48.0 Å². The van der Waals surface area contributed by atoms with Crippen LogP contribution in [0.15, 0.2) is 36.7 Å². The van der Waals surface area contributed by atoms with Crippen molar-refractivity contribution in [1.82, 2.24) is 15.1 Å². The molecule has 0 aliphatic heterocycles. The molecule has 100 valence electrons. The lowest BCUT2D eigenvalue weighted by molar-refractivity contribution is 0.0949. The number of aryl methyl sites for hydroxylation is 1. The van der Waals surface area contributed by atoms with Crippen LogP contribution in [0.4, 0.5) is 4.39 Å². The maximum Gasteiger partial charge on any atom is 0.255 e. The molecule has 0 bridgehead atoms. The molecule has 1 amide bonds. The highest BCUT2D eigenvalue weighted by molar-refractivity contribution is 5.96. The van der Waals surface area contributed by atoms with Crippen molar-refractivity contribution in [2.75, 3.05) is 6.54 Å². The number of benzene rings is 1. The monoisotopic (exact) mass is 263 g/mol. The van der Waals surface area contributed by atoms with E-state index >= 15 is 0 Å². The highest BCUT2D eigenvalue weighted by atomic mass is 19.1. The van der Waals surface area contributed by atoms with E-state index in [4.69, 9.17) is 0 Å². The van der Waals surface area contributed by atoms with Crippen LogP contribution >= 0.6 is 0 Å². The molecule has 19 heavy (non-hydrogen) atoms. The molecule has 0 saturated carbocycles. The van der Waals surface area contributed by atoms with Gasteiger partial charge in [-0.25, -0.2) is 4.39 Å². The Morgan fingerprint density at radius 2 is 2.32 bits per heavy atom. The molecule has 2 rings (SSSR count). The van der Waals surface area contributed by atoms with Crippen molar-refractivity contribution in [1.29, 1.82) is 0 Å². The van der Waals surface area contributed by atoms with Crippen molar-refractivity contribution in [2.24, 2.45) is 0 Å². The summed E-state index contributed by atoms with van der Waals surface area (Å²) in [5, 5.41) is 16.1. The maximum atomic E-state index is 13.0. The number of carbonyl (C=O) groups is 1. The molecule has 0 radical (unpaired) electrons. The van der Waals surface area contributed by atoms with Gasteiger partial charge in [-0.2, -0.15) is 5.10 Å². The quantitative estimate of drug-likeness (QED) is 0.804. The van der Waals surface area contributed by atoms with Gasteiger partial charge in [0.1, 0.15) is 11.6 Å². The fourth-order valence-corrected chi connectivity index (χ4v) is 1.66. The Morgan fingerprint density at radius 3 is 3.05 bits per heavy atom. The number of aromatic nitrogens is 2. The van der Waals surface area contributed by atoms with Crippen LogP contribution in [0.1, 0.15) is 16.8 Å². The number of halogens is 1. The van der Waals surface area contributed by atoms with Gasteiger partial charge >= 0.3 is 0 Å². The van der Waals surface area contributed by atoms with Gasteiger partial charge in [0.05, 0.1) is 5.56 Å². The third kappa shape index (κ3) is 3.54. The highest BCUT2D eigenvalue weighted by Crippen LogP contribution is 2.17. The topological polar surface area (TPSA) is 67.2 Å². The van der Waals surface area contributed by atoms with Gasteiger partial charge in [-0.1, -0.05) is 0 Å². The van der Waals surface area contributed by atoms with Crippen LogP contribution in [0.2, 0.25) is 0 Å². The van der Waals surface area contributed by atoms with Gasteiger partial charge in [-0.05, 0) is 30.7 Å². The fraction of sp³-hybridized carbons (Fsp3) is 0.231. The SMILES string of the molecule is O=C(NCCCn1cccn1)c1cc(F)ccc1O. The zero-order valence-corrected chi connectivity index (χ0v) is 10.2. The molecule has 0 fully saturated rings. The van der Waals surface area contributed by atoms with E-state index in [-0.39, 0.29) is 11.3 Å². The maximum absolute atomic E-state index is 13.0. The Bertz CT molecular complexity index is 555. The van der Waals surface area contributed by atoms with E-state index < -0.39 is 11.7 Å². The summed E-state index contributed by atoms with van der Waals surface area (Å²) in [7, 11) is 0. The van der Waals surface area contributed by atoms with Crippen LogP contribution in [0.3, 0.4) is 0 Å². The van der Waals surface area contributed by atoms with Crippen LogP contribution in [0, 0.1) is 5.82 Å². The molecular weight excluding hydrogens is 249 g/mol. The minimum Gasteiger partial charge on any atom is -0.507 e. The van der Waals surface area contributed by atoms with E-state index in [0.29, 0.717) is 19.5 Å². The molecule has 1 aromatic carbocycles. The van der Waals surface area contributed by atoms with E-state index in [1.54, 1.807) is 10.9 Å². The summed E-state index contributed by atoms with van der Waals surface area (Å²) in [6.07, 6.45) is 4.22. The van der Waals surface area contributed by atoms with Crippen LogP contribution in [-0.4, -0.2) is 27.3 Å². The van der Waals surface area contributed by atoms with Crippen LogP contribution in [0.5, 0.6) is 5.75 Å². The number of nitrogens with zero attached hydrogens (tertiary/aromatic N) is 2. The number of phenols is 1. The van der Waals surface area contributed by atoms with Gasteiger partial charge in [-0.3, -0.25) is 9.48 Å². The number of amides is 1. The molecule has 0 spiro atoms. The van der Waals surface area contributed by atoms with Gasteiger partial charge in [-0.15, -0.1) is 0 Å². The third-order valence-corrected chi connectivity index (χ3v) is 2.61. The molecule has 0 atom stereocenters. The molecule has 1 heterocycles. The van der Waals surface area contributed by atoms with E-state index in [1.165, 1.54) is 0 Å². The van der Waals surface area contributed by atoms with Crippen LogP contribution in [0.25, 0.3) is 0 Å².